The molecule has 0 saturated heterocycles. The normalized spacial score (nSPS) is 10.7. The maximum Gasteiger partial charge on any atom is 0.238 e. The highest BCUT2D eigenvalue weighted by Gasteiger charge is 2.11. The minimum absolute atomic E-state index is 0. The van der Waals surface area contributed by atoms with Crippen LogP contribution in [0.25, 0.3) is 0 Å². The molecular formula is C8H13ClN2O2S. The van der Waals surface area contributed by atoms with Crippen LogP contribution in [0.15, 0.2) is 29.2 Å². The van der Waals surface area contributed by atoms with Crippen LogP contribution in [0.4, 0.5) is 0 Å². The van der Waals surface area contributed by atoms with Crippen molar-refractivity contribution in [3.05, 3.63) is 29.8 Å². The third kappa shape index (κ3) is 3.26. The lowest BCUT2D eigenvalue weighted by Gasteiger charge is -2.05. The zero-order valence-electron chi connectivity index (χ0n) is 7.73. The fourth-order valence-corrected chi connectivity index (χ4v) is 1.89. The standard InChI is InChI=1S/C8H12N2O2S.ClH/c1-10-6-7-4-2-3-5-8(7)13(9,11)12;/h2-5,10H,6H2,1H3,(H2,9,11,12);1H. The lowest BCUT2D eigenvalue weighted by Crippen LogP contribution is -2.17. The predicted octanol–water partition coefficient (Wildman–Crippen LogP) is 0.475. The molecule has 0 spiro atoms. The fourth-order valence-electron chi connectivity index (χ4n) is 1.12. The van der Waals surface area contributed by atoms with Crippen LogP contribution in [0, 0.1) is 0 Å². The van der Waals surface area contributed by atoms with Gasteiger partial charge in [-0.15, -0.1) is 12.4 Å². The van der Waals surface area contributed by atoms with E-state index in [9.17, 15) is 8.42 Å². The van der Waals surface area contributed by atoms with Gasteiger partial charge in [0.05, 0.1) is 4.90 Å². The first-order chi connectivity index (χ1) is 6.05. The first-order valence-electron chi connectivity index (χ1n) is 3.81. The van der Waals surface area contributed by atoms with E-state index in [0.29, 0.717) is 12.1 Å². The quantitative estimate of drug-likeness (QED) is 0.802. The van der Waals surface area contributed by atoms with E-state index in [4.69, 9.17) is 5.14 Å². The third-order valence-corrected chi connectivity index (χ3v) is 2.66. The number of benzene rings is 1. The van der Waals surface area contributed by atoms with Gasteiger partial charge in [0.2, 0.25) is 10.0 Å². The highest BCUT2D eigenvalue weighted by molar-refractivity contribution is 7.89. The van der Waals surface area contributed by atoms with E-state index in [1.807, 2.05) is 0 Å². The summed E-state index contributed by atoms with van der Waals surface area (Å²) >= 11 is 0. The van der Waals surface area contributed by atoms with E-state index >= 15 is 0 Å². The Bertz CT molecular complexity index is 392. The molecule has 3 N–H and O–H groups in total. The van der Waals surface area contributed by atoms with Crippen LogP contribution in [-0.4, -0.2) is 15.5 Å². The van der Waals surface area contributed by atoms with E-state index in [1.165, 1.54) is 6.07 Å². The molecule has 4 nitrogen and oxygen atoms in total. The zero-order valence-corrected chi connectivity index (χ0v) is 9.36. The van der Waals surface area contributed by atoms with Gasteiger partial charge in [0.15, 0.2) is 0 Å². The van der Waals surface area contributed by atoms with Crippen molar-refractivity contribution in [3.8, 4) is 0 Å². The van der Waals surface area contributed by atoms with Crippen molar-refractivity contribution in [2.75, 3.05) is 7.05 Å². The molecule has 1 aromatic rings. The first-order valence-corrected chi connectivity index (χ1v) is 5.35. The summed E-state index contributed by atoms with van der Waals surface area (Å²) in [6.07, 6.45) is 0. The third-order valence-electron chi connectivity index (χ3n) is 1.65. The molecule has 0 atom stereocenters. The highest BCUT2D eigenvalue weighted by atomic mass is 35.5. The van der Waals surface area contributed by atoms with Crippen LogP contribution < -0.4 is 10.5 Å². The van der Waals surface area contributed by atoms with Gasteiger partial charge in [-0.1, -0.05) is 18.2 Å². The van der Waals surface area contributed by atoms with Gasteiger partial charge < -0.3 is 5.32 Å². The number of primary sulfonamides is 1. The Morgan fingerprint density at radius 2 is 1.93 bits per heavy atom. The second-order valence-corrected chi connectivity index (χ2v) is 4.21. The van der Waals surface area contributed by atoms with Crippen LogP contribution in [-0.2, 0) is 16.6 Å². The molecule has 0 aliphatic carbocycles. The Morgan fingerprint density at radius 3 is 2.43 bits per heavy atom. The minimum atomic E-state index is -3.60. The molecule has 0 unspecified atom stereocenters. The summed E-state index contributed by atoms with van der Waals surface area (Å²) in [5, 5.41) is 7.91. The van der Waals surface area contributed by atoms with Gasteiger partial charge in [-0.05, 0) is 18.7 Å². The van der Waals surface area contributed by atoms with Gasteiger partial charge in [0, 0.05) is 6.54 Å². The molecule has 0 amide bonds. The number of hydrogen-bond acceptors (Lipinski definition) is 3. The molecule has 14 heavy (non-hydrogen) atoms. The maximum atomic E-state index is 11.1. The van der Waals surface area contributed by atoms with Crippen LogP contribution >= 0.6 is 12.4 Å². The molecule has 6 heteroatoms. The van der Waals surface area contributed by atoms with Gasteiger partial charge in [0.1, 0.15) is 0 Å². The molecule has 1 rings (SSSR count). The Labute approximate surface area is 90.0 Å². The van der Waals surface area contributed by atoms with E-state index < -0.39 is 10.0 Å². The Hall–Kier alpha value is -0.620. The van der Waals surface area contributed by atoms with Crippen molar-refractivity contribution in [1.29, 1.82) is 0 Å². The number of halogens is 1. The number of nitrogens with one attached hydrogen (secondary N) is 1. The van der Waals surface area contributed by atoms with Crippen LogP contribution in [0.5, 0.6) is 0 Å². The van der Waals surface area contributed by atoms with Gasteiger partial charge in [-0.2, -0.15) is 0 Å². The summed E-state index contributed by atoms with van der Waals surface area (Å²) < 4.78 is 22.2. The van der Waals surface area contributed by atoms with Crippen LogP contribution in [0.2, 0.25) is 0 Å². The number of hydrogen-bond donors (Lipinski definition) is 2. The Morgan fingerprint density at radius 1 is 1.36 bits per heavy atom. The monoisotopic (exact) mass is 236 g/mol. The summed E-state index contributed by atoms with van der Waals surface area (Å²) in [7, 11) is -1.85. The summed E-state index contributed by atoms with van der Waals surface area (Å²) in [5.41, 5.74) is 0.688. The lowest BCUT2D eigenvalue weighted by molar-refractivity contribution is 0.596. The van der Waals surface area contributed by atoms with E-state index in [0.717, 1.165) is 0 Å². The molecule has 0 saturated carbocycles. The largest absolute Gasteiger partial charge is 0.316 e. The van der Waals surface area contributed by atoms with Gasteiger partial charge >= 0.3 is 0 Å². The van der Waals surface area contributed by atoms with E-state index in [1.54, 1.807) is 25.2 Å². The number of sulfonamides is 1. The predicted molar refractivity (Wildman–Crippen MR) is 57.8 cm³/mol. The summed E-state index contributed by atoms with van der Waals surface area (Å²) in [4.78, 5) is 0.185. The van der Waals surface area contributed by atoms with Crippen LogP contribution in [0.3, 0.4) is 0 Å². The molecule has 0 heterocycles. The molecule has 0 aliphatic rings. The SMILES string of the molecule is CNCc1ccccc1S(N)(=O)=O.Cl. The molecule has 0 bridgehead atoms. The summed E-state index contributed by atoms with van der Waals surface area (Å²) in [5.74, 6) is 0. The Kier molecular flexibility index (Phi) is 5.07. The van der Waals surface area contributed by atoms with E-state index in [-0.39, 0.29) is 17.3 Å². The Balaban J connectivity index is 0.00000169. The summed E-state index contributed by atoms with van der Waals surface area (Å²) in [6, 6.07) is 6.67. The molecule has 80 valence electrons. The zero-order chi connectivity index (χ0) is 9.90. The van der Waals surface area contributed by atoms with Gasteiger partial charge in [-0.3, -0.25) is 0 Å². The van der Waals surface area contributed by atoms with Crippen molar-refractivity contribution in [3.63, 3.8) is 0 Å². The lowest BCUT2D eigenvalue weighted by atomic mass is 10.2. The van der Waals surface area contributed by atoms with Gasteiger partial charge in [-0.25, -0.2) is 13.6 Å². The van der Waals surface area contributed by atoms with Crippen molar-refractivity contribution in [2.45, 2.75) is 11.4 Å². The number of nitrogens with two attached hydrogens (primary N) is 1. The van der Waals surface area contributed by atoms with Crippen LogP contribution in [0.1, 0.15) is 5.56 Å². The molecule has 1 aromatic carbocycles. The smallest absolute Gasteiger partial charge is 0.238 e. The number of rotatable bonds is 3. The average Bonchev–Trinajstić information content (AvgIpc) is 2.04. The second-order valence-electron chi connectivity index (χ2n) is 2.68. The molecule has 0 aromatic heterocycles. The van der Waals surface area contributed by atoms with E-state index in [2.05, 4.69) is 5.32 Å². The highest BCUT2D eigenvalue weighted by Crippen LogP contribution is 2.12. The summed E-state index contributed by atoms with van der Waals surface area (Å²) in [6.45, 7) is 0.493. The van der Waals surface area contributed by atoms with Crippen molar-refractivity contribution >= 4 is 22.4 Å². The molecule has 0 aliphatic heterocycles. The fraction of sp³-hybridized carbons (Fsp3) is 0.250. The van der Waals surface area contributed by atoms with Crippen molar-refractivity contribution in [2.24, 2.45) is 5.14 Å². The first kappa shape index (κ1) is 13.4. The van der Waals surface area contributed by atoms with Gasteiger partial charge in [0.25, 0.3) is 0 Å². The molecular weight excluding hydrogens is 224 g/mol. The van der Waals surface area contributed by atoms with Crippen molar-refractivity contribution in [1.82, 2.24) is 5.32 Å². The topological polar surface area (TPSA) is 72.2 Å². The maximum absolute atomic E-state index is 11.1. The minimum Gasteiger partial charge on any atom is -0.316 e. The molecule has 0 radical (unpaired) electrons. The molecule has 0 fully saturated rings. The average molecular weight is 237 g/mol. The van der Waals surface area contributed by atoms with Crippen molar-refractivity contribution < 1.29 is 8.42 Å². The second kappa shape index (κ2) is 5.31.